The van der Waals surface area contributed by atoms with Gasteiger partial charge in [-0.25, -0.2) is 8.42 Å². The minimum Gasteiger partial charge on any atom is -0.361 e. The lowest BCUT2D eigenvalue weighted by Gasteiger charge is -2.21. The highest BCUT2D eigenvalue weighted by Gasteiger charge is 2.38. The fourth-order valence-corrected chi connectivity index (χ4v) is 5.89. The van der Waals surface area contributed by atoms with E-state index in [1.807, 2.05) is 19.9 Å². The molecule has 3 heterocycles. The van der Waals surface area contributed by atoms with Crippen molar-refractivity contribution in [2.24, 2.45) is 0 Å². The van der Waals surface area contributed by atoms with Crippen molar-refractivity contribution in [3.05, 3.63) is 34.0 Å². The van der Waals surface area contributed by atoms with Crippen LogP contribution in [-0.2, 0) is 10.0 Å². The van der Waals surface area contributed by atoms with Crippen LogP contribution in [0.15, 0.2) is 26.9 Å². The third-order valence-electron chi connectivity index (χ3n) is 3.77. The lowest BCUT2D eigenvalue weighted by atomic mass is 10.1. The second-order valence-electron chi connectivity index (χ2n) is 5.64. The summed E-state index contributed by atoms with van der Waals surface area (Å²) in [6, 6.07) is 4.77. The molecule has 0 spiro atoms. The van der Waals surface area contributed by atoms with E-state index in [0.717, 1.165) is 29.9 Å². The van der Waals surface area contributed by atoms with Gasteiger partial charge in [-0.2, -0.15) is 4.31 Å². The quantitative estimate of drug-likeness (QED) is 0.825. The number of rotatable bonds is 4. The SMILES string of the molecule is CC(C)c1cc([C@@H]2CCCN2S(=O)(=O)c2ccc(Cl)s2)no1. The van der Waals surface area contributed by atoms with Gasteiger partial charge in [0.1, 0.15) is 15.7 Å². The summed E-state index contributed by atoms with van der Waals surface area (Å²) < 4.78 is 33.2. The summed E-state index contributed by atoms with van der Waals surface area (Å²) >= 11 is 6.95. The molecule has 2 aromatic heterocycles. The van der Waals surface area contributed by atoms with Crippen molar-refractivity contribution in [1.29, 1.82) is 0 Å². The normalized spacial score (nSPS) is 20.1. The van der Waals surface area contributed by atoms with Crippen LogP contribution in [0.4, 0.5) is 0 Å². The van der Waals surface area contributed by atoms with E-state index < -0.39 is 10.0 Å². The van der Waals surface area contributed by atoms with Gasteiger partial charge in [0.2, 0.25) is 0 Å². The molecule has 22 heavy (non-hydrogen) atoms. The molecule has 5 nitrogen and oxygen atoms in total. The first-order valence-corrected chi connectivity index (χ1v) is 9.76. The molecule has 0 unspecified atom stereocenters. The fourth-order valence-electron chi connectivity index (χ4n) is 2.61. The summed E-state index contributed by atoms with van der Waals surface area (Å²) in [7, 11) is -3.54. The highest BCUT2D eigenvalue weighted by molar-refractivity contribution is 7.91. The standard InChI is InChI=1S/C14H17ClN2O3S2/c1-9(2)12-8-10(16-20-12)11-4-3-7-17(11)22(18,19)14-6-5-13(15)21-14/h5-6,8-9,11H,3-4,7H2,1-2H3/t11-/m0/s1. The van der Waals surface area contributed by atoms with Crippen molar-refractivity contribution in [3.8, 4) is 0 Å². The Morgan fingerprint density at radius 2 is 2.23 bits per heavy atom. The zero-order valence-electron chi connectivity index (χ0n) is 12.3. The van der Waals surface area contributed by atoms with Gasteiger partial charge in [0.25, 0.3) is 10.0 Å². The topological polar surface area (TPSA) is 63.4 Å². The van der Waals surface area contributed by atoms with Crippen molar-refractivity contribution < 1.29 is 12.9 Å². The zero-order valence-corrected chi connectivity index (χ0v) is 14.7. The number of hydrogen-bond donors (Lipinski definition) is 0. The van der Waals surface area contributed by atoms with E-state index in [2.05, 4.69) is 5.16 Å². The Balaban J connectivity index is 1.92. The predicted molar refractivity (Wildman–Crippen MR) is 85.8 cm³/mol. The Morgan fingerprint density at radius 1 is 1.45 bits per heavy atom. The number of nitrogens with zero attached hydrogens (tertiary/aromatic N) is 2. The number of halogens is 1. The number of aromatic nitrogens is 1. The Kier molecular flexibility index (Phi) is 4.33. The predicted octanol–water partition coefficient (Wildman–Crippen LogP) is 4.04. The van der Waals surface area contributed by atoms with Crippen LogP contribution in [0.5, 0.6) is 0 Å². The minimum atomic E-state index is -3.54. The Labute approximate surface area is 138 Å². The average Bonchev–Trinajstić information content (AvgIpc) is 3.18. The van der Waals surface area contributed by atoms with E-state index in [0.29, 0.717) is 16.6 Å². The van der Waals surface area contributed by atoms with Crippen LogP contribution < -0.4 is 0 Å². The first-order chi connectivity index (χ1) is 10.4. The van der Waals surface area contributed by atoms with Gasteiger partial charge >= 0.3 is 0 Å². The highest BCUT2D eigenvalue weighted by atomic mass is 35.5. The zero-order chi connectivity index (χ0) is 15.9. The maximum atomic E-state index is 12.8. The van der Waals surface area contributed by atoms with Gasteiger partial charge in [-0.05, 0) is 25.0 Å². The molecular weight excluding hydrogens is 344 g/mol. The van der Waals surface area contributed by atoms with Gasteiger partial charge in [0.05, 0.1) is 10.4 Å². The van der Waals surface area contributed by atoms with E-state index in [1.165, 1.54) is 4.31 Å². The molecular formula is C14H17ClN2O3S2. The molecule has 0 saturated carbocycles. The van der Waals surface area contributed by atoms with Crippen molar-refractivity contribution in [2.45, 2.75) is 42.9 Å². The van der Waals surface area contributed by atoms with Crippen molar-refractivity contribution in [3.63, 3.8) is 0 Å². The molecule has 0 radical (unpaired) electrons. The Hall–Kier alpha value is -0.890. The third-order valence-corrected chi connectivity index (χ3v) is 7.38. The Bertz CT molecular complexity index is 767. The lowest BCUT2D eigenvalue weighted by Crippen LogP contribution is -2.30. The number of thiophene rings is 1. The van der Waals surface area contributed by atoms with Gasteiger partial charge in [-0.15, -0.1) is 11.3 Å². The van der Waals surface area contributed by atoms with E-state index in [9.17, 15) is 8.42 Å². The molecule has 1 fully saturated rings. The second-order valence-corrected chi connectivity index (χ2v) is 9.47. The average molecular weight is 361 g/mol. The molecule has 0 N–H and O–H groups in total. The van der Waals surface area contributed by atoms with Crippen LogP contribution in [0.1, 0.15) is 50.1 Å². The summed E-state index contributed by atoms with van der Waals surface area (Å²) in [5.74, 6) is 1.00. The van der Waals surface area contributed by atoms with Gasteiger partial charge in [0, 0.05) is 18.5 Å². The van der Waals surface area contributed by atoms with Crippen LogP contribution in [0.3, 0.4) is 0 Å². The van der Waals surface area contributed by atoms with Crippen LogP contribution in [0, 0.1) is 0 Å². The summed E-state index contributed by atoms with van der Waals surface area (Å²) in [5.41, 5.74) is 0.687. The maximum Gasteiger partial charge on any atom is 0.253 e. The highest BCUT2D eigenvalue weighted by Crippen LogP contribution is 2.38. The molecule has 2 aromatic rings. The van der Waals surface area contributed by atoms with Crippen LogP contribution >= 0.6 is 22.9 Å². The van der Waals surface area contributed by atoms with Gasteiger partial charge in [0.15, 0.2) is 0 Å². The van der Waals surface area contributed by atoms with Gasteiger partial charge in [-0.1, -0.05) is 30.6 Å². The van der Waals surface area contributed by atoms with Crippen molar-refractivity contribution >= 4 is 33.0 Å². The number of sulfonamides is 1. The molecule has 1 saturated heterocycles. The van der Waals surface area contributed by atoms with E-state index in [4.69, 9.17) is 16.1 Å². The van der Waals surface area contributed by atoms with Gasteiger partial charge < -0.3 is 4.52 Å². The summed E-state index contributed by atoms with van der Waals surface area (Å²) in [5, 5.41) is 4.08. The molecule has 1 atom stereocenters. The molecule has 0 aliphatic carbocycles. The Morgan fingerprint density at radius 3 is 2.82 bits per heavy atom. The van der Waals surface area contributed by atoms with Crippen LogP contribution in [0.25, 0.3) is 0 Å². The largest absolute Gasteiger partial charge is 0.361 e. The maximum absolute atomic E-state index is 12.8. The molecule has 0 aromatic carbocycles. The monoisotopic (exact) mass is 360 g/mol. The smallest absolute Gasteiger partial charge is 0.253 e. The first kappa shape index (κ1) is 16.0. The molecule has 0 bridgehead atoms. The van der Waals surface area contributed by atoms with E-state index >= 15 is 0 Å². The minimum absolute atomic E-state index is 0.226. The van der Waals surface area contributed by atoms with Crippen LogP contribution in [0.2, 0.25) is 4.34 Å². The van der Waals surface area contributed by atoms with E-state index in [1.54, 1.807) is 12.1 Å². The fraction of sp³-hybridized carbons (Fsp3) is 0.500. The summed E-state index contributed by atoms with van der Waals surface area (Å²) in [6.07, 6.45) is 1.56. The first-order valence-electron chi connectivity index (χ1n) is 7.13. The van der Waals surface area contributed by atoms with E-state index in [-0.39, 0.29) is 16.2 Å². The van der Waals surface area contributed by atoms with Gasteiger partial charge in [-0.3, -0.25) is 0 Å². The molecule has 0 amide bonds. The second kappa shape index (κ2) is 5.96. The molecule has 8 heteroatoms. The third kappa shape index (κ3) is 2.82. The van der Waals surface area contributed by atoms with Crippen LogP contribution in [-0.4, -0.2) is 24.4 Å². The lowest BCUT2D eigenvalue weighted by molar-refractivity contribution is 0.338. The molecule has 3 rings (SSSR count). The van der Waals surface area contributed by atoms with Crippen molar-refractivity contribution in [1.82, 2.24) is 9.46 Å². The number of hydrogen-bond acceptors (Lipinski definition) is 5. The van der Waals surface area contributed by atoms with Crippen molar-refractivity contribution in [2.75, 3.05) is 6.54 Å². The summed E-state index contributed by atoms with van der Waals surface area (Å²) in [4.78, 5) is 0. The molecule has 1 aliphatic rings. The molecule has 1 aliphatic heterocycles. The summed E-state index contributed by atoms with van der Waals surface area (Å²) in [6.45, 7) is 4.52. The molecule has 120 valence electrons.